The van der Waals surface area contributed by atoms with Crippen molar-refractivity contribution in [1.29, 1.82) is 0 Å². The Balaban J connectivity index is 1.78. The van der Waals surface area contributed by atoms with Gasteiger partial charge in [-0.15, -0.1) is 0 Å². The third-order valence-corrected chi connectivity index (χ3v) is 4.14. The quantitative estimate of drug-likeness (QED) is 0.749. The summed E-state index contributed by atoms with van der Waals surface area (Å²) in [6.07, 6.45) is -0.911. The summed E-state index contributed by atoms with van der Waals surface area (Å²) in [4.78, 5) is 12.1. The van der Waals surface area contributed by atoms with Crippen LogP contribution in [0.15, 0.2) is 60.7 Å². The van der Waals surface area contributed by atoms with Crippen molar-refractivity contribution in [3.8, 4) is 0 Å². The van der Waals surface area contributed by atoms with Gasteiger partial charge in [-0.1, -0.05) is 60.1 Å². The smallest absolute Gasteiger partial charge is 0.255 e. The fraction of sp³-hybridized carbons (Fsp3) is 0.105. The number of amides is 1. The first-order chi connectivity index (χ1) is 11.6. The molecule has 2 N–H and O–H groups in total. The Morgan fingerprint density at radius 1 is 1.08 bits per heavy atom. The lowest BCUT2D eigenvalue weighted by Gasteiger charge is -2.15. The van der Waals surface area contributed by atoms with Gasteiger partial charge in [0, 0.05) is 6.54 Å². The summed E-state index contributed by atoms with van der Waals surface area (Å²) < 4.78 is 13.7. The number of aliphatic hydroxyl groups is 1. The SMILES string of the molecule is O=C(NC[C@H](O)c1cccc2ccccc12)c1c(F)cccc1Cl. The predicted molar refractivity (Wildman–Crippen MR) is 92.7 cm³/mol. The lowest BCUT2D eigenvalue weighted by atomic mass is 10.0. The van der Waals surface area contributed by atoms with E-state index in [0.29, 0.717) is 5.56 Å². The molecule has 0 saturated carbocycles. The Morgan fingerprint density at radius 2 is 1.79 bits per heavy atom. The second kappa shape index (κ2) is 6.99. The number of benzene rings is 3. The summed E-state index contributed by atoms with van der Waals surface area (Å²) in [5, 5.41) is 14.9. The molecule has 0 fully saturated rings. The summed E-state index contributed by atoms with van der Waals surface area (Å²) in [6.45, 7) is -0.0441. The van der Waals surface area contributed by atoms with Crippen LogP contribution in [0, 0.1) is 5.82 Å². The van der Waals surface area contributed by atoms with Crippen LogP contribution in [0.5, 0.6) is 0 Å². The maximum atomic E-state index is 13.7. The molecule has 0 aliphatic heterocycles. The van der Waals surface area contributed by atoms with Crippen molar-refractivity contribution in [2.24, 2.45) is 0 Å². The molecule has 1 atom stereocenters. The summed E-state index contributed by atoms with van der Waals surface area (Å²) >= 11 is 5.87. The van der Waals surface area contributed by atoms with Crippen LogP contribution in [0.1, 0.15) is 22.0 Å². The topological polar surface area (TPSA) is 49.3 Å². The van der Waals surface area contributed by atoms with Crippen molar-refractivity contribution in [2.75, 3.05) is 6.54 Å². The number of hydrogen-bond donors (Lipinski definition) is 2. The fourth-order valence-electron chi connectivity index (χ4n) is 2.64. The average Bonchev–Trinajstić information content (AvgIpc) is 2.59. The zero-order chi connectivity index (χ0) is 17.1. The van der Waals surface area contributed by atoms with Crippen molar-refractivity contribution in [1.82, 2.24) is 5.32 Å². The highest BCUT2D eigenvalue weighted by Gasteiger charge is 2.18. The van der Waals surface area contributed by atoms with E-state index in [-0.39, 0.29) is 17.1 Å². The highest BCUT2D eigenvalue weighted by atomic mass is 35.5. The first kappa shape index (κ1) is 16.4. The van der Waals surface area contributed by atoms with Gasteiger partial charge < -0.3 is 10.4 Å². The molecule has 24 heavy (non-hydrogen) atoms. The molecule has 3 rings (SSSR count). The predicted octanol–water partition coefficient (Wildman–Crippen LogP) is 4.10. The van der Waals surface area contributed by atoms with Gasteiger partial charge >= 0.3 is 0 Å². The molecule has 0 radical (unpaired) electrons. The van der Waals surface area contributed by atoms with E-state index in [2.05, 4.69) is 5.32 Å². The van der Waals surface area contributed by atoms with E-state index in [1.54, 1.807) is 6.07 Å². The first-order valence-electron chi connectivity index (χ1n) is 7.46. The molecule has 1 amide bonds. The Hall–Kier alpha value is -2.43. The van der Waals surface area contributed by atoms with Gasteiger partial charge in [-0.2, -0.15) is 0 Å². The van der Waals surface area contributed by atoms with Gasteiger partial charge in [-0.3, -0.25) is 4.79 Å². The summed E-state index contributed by atoms with van der Waals surface area (Å²) in [6, 6.07) is 17.3. The number of rotatable bonds is 4. The molecule has 0 unspecified atom stereocenters. The van der Waals surface area contributed by atoms with Crippen LogP contribution in [-0.4, -0.2) is 17.6 Å². The Labute approximate surface area is 143 Å². The molecule has 0 heterocycles. The van der Waals surface area contributed by atoms with Crippen LogP contribution >= 0.6 is 11.6 Å². The van der Waals surface area contributed by atoms with E-state index >= 15 is 0 Å². The second-order valence-electron chi connectivity index (χ2n) is 5.39. The second-order valence-corrected chi connectivity index (χ2v) is 5.80. The average molecular weight is 344 g/mol. The molecule has 0 saturated heterocycles. The van der Waals surface area contributed by atoms with Crippen molar-refractivity contribution in [3.05, 3.63) is 82.6 Å². The van der Waals surface area contributed by atoms with Gasteiger partial charge in [0.1, 0.15) is 5.82 Å². The van der Waals surface area contributed by atoms with Crippen molar-refractivity contribution < 1.29 is 14.3 Å². The van der Waals surface area contributed by atoms with Gasteiger partial charge in [0.05, 0.1) is 16.7 Å². The zero-order valence-corrected chi connectivity index (χ0v) is 13.4. The van der Waals surface area contributed by atoms with Crippen LogP contribution in [0.2, 0.25) is 5.02 Å². The minimum atomic E-state index is -0.911. The maximum absolute atomic E-state index is 13.7. The largest absolute Gasteiger partial charge is 0.387 e. The Bertz CT molecular complexity index is 872. The number of aliphatic hydroxyl groups excluding tert-OH is 1. The van der Waals surface area contributed by atoms with E-state index in [4.69, 9.17) is 11.6 Å². The van der Waals surface area contributed by atoms with Gasteiger partial charge in [0.15, 0.2) is 0 Å². The molecule has 0 spiro atoms. The summed E-state index contributed by atoms with van der Waals surface area (Å²) in [7, 11) is 0. The summed E-state index contributed by atoms with van der Waals surface area (Å²) in [5.74, 6) is -1.35. The Morgan fingerprint density at radius 3 is 2.58 bits per heavy atom. The van der Waals surface area contributed by atoms with Crippen molar-refractivity contribution >= 4 is 28.3 Å². The van der Waals surface area contributed by atoms with E-state index in [9.17, 15) is 14.3 Å². The minimum absolute atomic E-state index is 0.0344. The third-order valence-electron chi connectivity index (χ3n) is 3.83. The van der Waals surface area contributed by atoms with Crippen LogP contribution in [-0.2, 0) is 0 Å². The van der Waals surface area contributed by atoms with Gasteiger partial charge in [-0.05, 0) is 28.5 Å². The molecule has 3 nitrogen and oxygen atoms in total. The molecule has 0 bridgehead atoms. The standard InChI is InChI=1S/C19H15ClFNO2/c20-15-9-4-10-16(21)18(15)19(24)22-11-17(23)14-8-3-6-12-5-1-2-7-13(12)14/h1-10,17,23H,11H2,(H,22,24)/t17-/m0/s1. The van der Waals surface area contributed by atoms with Gasteiger partial charge in [-0.25, -0.2) is 4.39 Å². The fourth-order valence-corrected chi connectivity index (χ4v) is 2.89. The van der Waals surface area contributed by atoms with E-state index < -0.39 is 17.8 Å². The third kappa shape index (κ3) is 3.25. The maximum Gasteiger partial charge on any atom is 0.255 e. The van der Waals surface area contributed by atoms with Gasteiger partial charge in [0.2, 0.25) is 0 Å². The van der Waals surface area contributed by atoms with Crippen LogP contribution < -0.4 is 5.32 Å². The highest BCUT2D eigenvalue weighted by molar-refractivity contribution is 6.33. The molecule has 122 valence electrons. The molecule has 0 aliphatic rings. The molecule has 0 aromatic heterocycles. The lowest BCUT2D eigenvalue weighted by molar-refractivity contribution is 0.0913. The number of halogens is 2. The first-order valence-corrected chi connectivity index (χ1v) is 7.83. The van der Waals surface area contributed by atoms with Crippen molar-refractivity contribution in [3.63, 3.8) is 0 Å². The van der Waals surface area contributed by atoms with E-state index in [1.807, 2.05) is 36.4 Å². The molecule has 0 aliphatic carbocycles. The number of fused-ring (bicyclic) bond motifs is 1. The number of carbonyl (C=O) groups is 1. The lowest BCUT2D eigenvalue weighted by Crippen LogP contribution is -2.29. The molecule has 3 aromatic carbocycles. The Kier molecular flexibility index (Phi) is 4.79. The molecular formula is C19H15ClFNO2. The van der Waals surface area contributed by atoms with Crippen LogP contribution in [0.3, 0.4) is 0 Å². The summed E-state index contributed by atoms with van der Waals surface area (Å²) in [5.41, 5.74) is 0.484. The number of nitrogens with one attached hydrogen (secondary N) is 1. The molecule has 3 aromatic rings. The van der Waals surface area contributed by atoms with Crippen molar-refractivity contribution in [2.45, 2.75) is 6.10 Å². The minimum Gasteiger partial charge on any atom is -0.387 e. The zero-order valence-electron chi connectivity index (χ0n) is 12.7. The molecule has 5 heteroatoms. The van der Waals surface area contributed by atoms with Crippen LogP contribution in [0.25, 0.3) is 10.8 Å². The van der Waals surface area contributed by atoms with E-state index in [0.717, 1.165) is 10.8 Å². The highest BCUT2D eigenvalue weighted by Crippen LogP contribution is 2.24. The van der Waals surface area contributed by atoms with Gasteiger partial charge in [0.25, 0.3) is 5.91 Å². The van der Waals surface area contributed by atoms with Crippen LogP contribution in [0.4, 0.5) is 4.39 Å². The number of hydrogen-bond acceptors (Lipinski definition) is 2. The monoisotopic (exact) mass is 343 g/mol. The number of carbonyl (C=O) groups excluding carboxylic acids is 1. The normalized spacial score (nSPS) is 12.1. The van der Waals surface area contributed by atoms with E-state index in [1.165, 1.54) is 18.2 Å². The molecular weight excluding hydrogens is 329 g/mol.